The number of amides is 1. The smallest absolute Gasteiger partial charge is 0.255 e. The summed E-state index contributed by atoms with van der Waals surface area (Å²) in [5.74, 6) is 0.903. The van der Waals surface area contributed by atoms with E-state index in [0.717, 1.165) is 50.0 Å². The number of fused-ring (bicyclic) bond motifs is 1. The number of imidazole rings is 1. The molecule has 4 N–H and O–H groups in total. The van der Waals surface area contributed by atoms with Crippen LogP contribution < -0.4 is 16.4 Å². The molecule has 6 heteroatoms. The molecule has 1 aromatic carbocycles. The molecule has 0 atom stereocenters. The quantitative estimate of drug-likeness (QED) is 0.540. The summed E-state index contributed by atoms with van der Waals surface area (Å²) in [5, 5.41) is 6.83. The van der Waals surface area contributed by atoms with Crippen LogP contribution in [0.1, 0.15) is 68.1 Å². The number of nitrogens with zero attached hydrogens (tertiary/aromatic N) is 2. The molecule has 6 nitrogen and oxygen atoms in total. The lowest BCUT2D eigenvalue weighted by atomic mass is 9.91. The van der Waals surface area contributed by atoms with Crippen LogP contribution in [0.4, 0.5) is 5.82 Å². The fourth-order valence-corrected chi connectivity index (χ4v) is 4.39. The number of benzene rings is 1. The molecule has 0 spiro atoms. The summed E-state index contributed by atoms with van der Waals surface area (Å²) in [6, 6.07) is 14.7. The van der Waals surface area contributed by atoms with Gasteiger partial charge in [-0.1, -0.05) is 30.3 Å². The molecule has 2 aromatic heterocycles. The van der Waals surface area contributed by atoms with Crippen molar-refractivity contribution in [2.45, 2.75) is 76.9 Å². The third-order valence-electron chi connectivity index (χ3n) is 6.06. The highest BCUT2D eigenvalue weighted by atomic mass is 16.1. The van der Waals surface area contributed by atoms with Crippen molar-refractivity contribution in [2.24, 2.45) is 5.73 Å². The van der Waals surface area contributed by atoms with Crippen molar-refractivity contribution in [3.63, 3.8) is 0 Å². The molecule has 0 aliphatic heterocycles. The van der Waals surface area contributed by atoms with Crippen LogP contribution >= 0.6 is 0 Å². The summed E-state index contributed by atoms with van der Waals surface area (Å²) in [5.41, 5.74) is 9.47. The fraction of sp³-hybridized carbons (Fsp3) is 0.462. The van der Waals surface area contributed by atoms with Crippen molar-refractivity contribution in [2.75, 3.05) is 5.32 Å². The standard InChI is InChI=1S/C26H35N5O/c1-26(2,3)30-24-22(16-11-18-8-5-4-6-9-18)29-23-21(10-7-17-31(23)24)25(32)28-20-14-12-19(27)13-15-20/h4-10,17,19-20,30H,11-16,27H2,1-3H3,(H,28,32). The number of pyridine rings is 1. The third kappa shape index (κ3) is 5.30. The van der Waals surface area contributed by atoms with Gasteiger partial charge in [0.15, 0.2) is 5.65 Å². The number of nitrogens with two attached hydrogens (primary N) is 1. The van der Waals surface area contributed by atoms with Gasteiger partial charge in [-0.25, -0.2) is 4.98 Å². The molecule has 0 unspecified atom stereocenters. The first-order valence-corrected chi connectivity index (χ1v) is 11.7. The van der Waals surface area contributed by atoms with E-state index in [0.29, 0.717) is 11.2 Å². The average Bonchev–Trinajstić information content (AvgIpc) is 3.10. The van der Waals surface area contributed by atoms with Gasteiger partial charge in [0.05, 0.1) is 11.3 Å². The second-order valence-electron chi connectivity index (χ2n) is 9.97. The molecule has 1 saturated carbocycles. The van der Waals surface area contributed by atoms with Gasteiger partial charge in [-0.15, -0.1) is 0 Å². The predicted octanol–water partition coefficient (Wildman–Crippen LogP) is 4.33. The molecule has 170 valence electrons. The molecule has 0 bridgehead atoms. The van der Waals surface area contributed by atoms with E-state index in [-0.39, 0.29) is 23.5 Å². The first-order valence-electron chi connectivity index (χ1n) is 11.7. The van der Waals surface area contributed by atoms with Crippen LogP contribution in [0.3, 0.4) is 0 Å². The SMILES string of the molecule is CC(C)(C)Nc1c(CCc2ccccc2)nc2c(C(=O)NC3CCC(N)CC3)cccn12. The maximum atomic E-state index is 13.2. The number of anilines is 1. The molecule has 2 heterocycles. The summed E-state index contributed by atoms with van der Waals surface area (Å²) in [7, 11) is 0. The Kier molecular flexibility index (Phi) is 6.51. The first kappa shape index (κ1) is 22.3. The zero-order chi connectivity index (χ0) is 22.7. The fourth-order valence-electron chi connectivity index (χ4n) is 4.39. The lowest BCUT2D eigenvalue weighted by molar-refractivity contribution is 0.0927. The average molecular weight is 434 g/mol. The highest BCUT2D eigenvalue weighted by Crippen LogP contribution is 2.26. The van der Waals surface area contributed by atoms with E-state index in [2.05, 4.69) is 55.7 Å². The summed E-state index contributed by atoms with van der Waals surface area (Å²) in [4.78, 5) is 18.1. The van der Waals surface area contributed by atoms with Crippen molar-refractivity contribution in [3.05, 3.63) is 65.5 Å². The largest absolute Gasteiger partial charge is 0.365 e. The van der Waals surface area contributed by atoms with Crippen molar-refractivity contribution < 1.29 is 4.79 Å². The summed E-state index contributed by atoms with van der Waals surface area (Å²) < 4.78 is 2.03. The van der Waals surface area contributed by atoms with Crippen LogP contribution in [-0.4, -0.2) is 32.9 Å². The second-order valence-corrected chi connectivity index (χ2v) is 9.97. The zero-order valence-electron chi connectivity index (χ0n) is 19.4. The van der Waals surface area contributed by atoms with Gasteiger partial charge in [-0.05, 0) is 77.0 Å². The molecule has 3 aromatic rings. The Morgan fingerprint density at radius 3 is 2.47 bits per heavy atom. The molecule has 1 amide bonds. The molecule has 1 fully saturated rings. The number of carbonyl (C=O) groups is 1. The highest BCUT2D eigenvalue weighted by Gasteiger charge is 2.24. The van der Waals surface area contributed by atoms with E-state index in [9.17, 15) is 4.79 Å². The first-order chi connectivity index (χ1) is 15.3. The van der Waals surface area contributed by atoms with E-state index in [1.807, 2.05) is 28.8 Å². The lowest BCUT2D eigenvalue weighted by Crippen LogP contribution is -2.40. The van der Waals surface area contributed by atoms with E-state index < -0.39 is 0 Å². The highest BCUT2D eigenvalue weighted by molar-refractivity contribution is 6.00. The molecule has 4 rings (SSSR count). The van der Waals surface area contributed by atoms with Crippen LogP contribution in [0.25, 0.3) is 5.65 Å². The number of aryl methyl sites for hydroxylation is 2. The Morgan fingerprint density at radius 2 is 1.78 bits per heavy atom. The minimum Gasteiger partial charge on any atom is -0.365 e. The van der Waals surface area contributed by atoms with Crippen molar-refractivity contribution in [1.82, 2.24) is 14.7 Å². The third-order valence-corrected chi connectivity index (χ3v) is 6.06. The van der Waals surface area contributed by atoms with Crippen LogP contribution in [0.5, 0.6) is 0 Å². The topological polar surface area (TPSA) is 84.5 Å². The predicted molar refractivity (Wildman–Crippen MR) is 130 cm³/mol. The number of hydrogen-bond acceptors (Lipinski definition) is 4. The Morgan fingerprint density at radius 1 is 1.06 bits per heavy atom. The minimum atomic E-state index is -0.128. The van der Waals surface area contributed by atoms with E-state index in [1.165, 1.54) is 5.56 Å². The van der Waals surface area contributed by atoms with Crippen molar-refractivity contribution >= 4 is 17.4 Å². The minimum absolute atomic E-state index is 0.0574. The van der Waals surface area contributed by atoms with Crippen molar-refractivity contribution in [3.8, 4) is 0 Å². The van der Waals surface area contributed by atoms with E-state index in [1.54, 1.807) is 0 Å². The second kappa shape index (κ2) is 9.33. The van der Waals surface area contributed by atoms with Gasteiger partial charge in [0.25, 0.3) is 5.91 Å². The van der Waals surface area contributed by atoms with E-state index >= 15 is 0 Å². The van der Waals surface area contributed by atoms with Gasteiger partial charge in [0.1, 0.15) is 5.82 Å². The molecule has 0 radical (unpaired) electrons. The summed E-state index contributed by atoms with van der Waals surface area (Å²) in [6.07, 6.45) is 7.47. The van der Waals surface area contributed by atoms with Gasteiger partial charge in [0, 0.05) is 23.8 Å². The number of hydrogen-bond donors (Lipinski definition) is 3. The molecule has 1 aliphatic rings. The molecule has 32 heavy (non-hydrogen) atoms. The lowest BCUT2D eigenvalue weighted by Gasteiger charge is -2.26. The van der Waals surface area contributed by atoms with Gasteiger partial charge in [-0.3, -0.25) is 9.20 Å². The Balaban J connectivity index is 1.63. The number of nitrogens with one attached hydrogen (secondary N) is 2. The maximum absolute atomic E-state index is 13.2. The monoisotopic (exact) mass is 433 g/mol. The Labute approximate surface area is 190 Å². The molecular weight excluding hydrogens is 398 g/mol. The maximum Gasteiger partial charge on any atom is 0.255 e. The summed E-state index contributed by atoms with van der Waals surface area (Å²) in [6.45, 7) is 6.41. The number of carbonyl (C=O) groups excluding carboxylic acids is 1. The Hall–Kier alpha value is -2.86. The van der Waals surface area contributed by atoms with Crippen molar-refractivity contribution in [1.29, 1.82) is 0 Å². The van der Waals surface area contributed by atoms with Gasteiger partial charge >= 0.3 is 0 Å². The van der Waals surface area contributed by atoms with Gasteiger partial charge in [-0.2, -0.15) is 0 Å². The van der Waals surface area contributed by atoms with E-state index in [4.69, 9.17) is 10.7 Å². The van der Waals surface area contributed by atoms with Crippen LogP contribution in [0.15, 0.2) is 48.7 Å². The number of aromatic nitrogens is 2. The zero-order valence-corrected chi connectivity index (χ0v) is 19.4. The normalized spacial score (nSPS) is 19.1. The summed E-state index contributed by atoms with van der Waals surface area (Å²) >= 11 is 0. The number of rotatable bonds is 6. The van der Waals surface area contributed by atoms with Crippen LogP contribution in [0.2, 0.25) is 0 Å². The van der Waals surface area contributed by atoms with Crippen LogP contribution in [0, 0.1) is 0 Å². The van der Waals surface area contributed by atoms with Gasteiger partial charge < -0.3 is 16.4 Å². The molecule has 0 saturated heterocycles. The Bertz CT molecular complexity index is 1060. The molecule has 1 aliphatic carbocycles. The molecular formula is C26H35N5O. The van der Waals surface area contributed by atoms with Gasteiger partial charge in [0.2, 0.25) is 0 Å². The van der Waals surface area contributed by atoms with Crippen LogP contribution in [-0.2, 0) is 12.8 Å².